The number of aliphatic hydroxyl groups excluding tert-OH is 1. The number of methoxy groups -OCH3 is 1. The Hall–Kier alpha value is -1.20. The second kappa shape index (κ2) is 15.9. The third-order valence-electron chi connectivity index (χ3n) is 6.93. The second-order valence-corrected chi connectivity index (χ2v) is 11.1. The molecule has 4 rings (SSSR count). The van der Waals surface area contributed by atoms with E-state index in [4.69, 9.17) is 14.9 Å². The van der Waals surface area contributed by atoms with Crippen LogP contribution in [0, 0.1) is 7.14 Å². The number of halogens is 2. The van der Waals surface area contributed by atoms with E-state index in [1.807, 2.05) is 19.1 Å². The molecule has 2 aromatic rings. The minimum absolute atomic E-state index is 0. The zero-order valence-electron chi connectivity index (χ0n) is 21.0. The number of aryl methyl sites for hydroxylation is 2. The molecule has 0 heterocycles. The number of aromatic carboxylic acids is 1. The highest BCUT2D eigenvalue weighted by Gasteiger charge is 2.25. The van der Waals surface area contributed by atoms with Gasteiger partial charge in [0.05, 0.1) is 18.2 Å². The molecule has 0 unspecified atom stereocenters. The van der Waals surface area contributed by atoms with E-state index in [9.17, 15) is 9.59 Å². The van der Waals surface area contributed by atoms with Crippen LogP contribution in [0.25, 0.3) is 0 Å². The molecule has 2 aliphatic rings. The van der Waals surface area contributed by atoms with Crippen molar-refractivity contribution in [3.05, 3.63) is 64.8 Å². The van der Waals surface area contributed by atoms with Crippen molar-refractivity contribution in [3.8, 4) is 0 Å². The van der Waals surface area contributed by atoms with E-state index in [1.54, 1.807) is 0 Å². The van der Waals surface area contributed by atoms with Crippen molar-refractivity contribution in [1.29, 1.82) is 0 Å². The highest BCUT2D eigenvalue weighted by molar-refractivity contribution is 14.1. The van der Waals surface area contributed by atoms with Crippen molar-refractivity contribution < 1.29 is 24.5 Å². The molecule has 0 aliphatic heterocycles. The summed E-state index contributed by atoms with van der Waals surface area (Å²) in [5.74, 6) is 0.341. The van der Waals surface area contributed by atoms with Gasteiger partial charge in [0.2, 0.25) is 0 Å². The quantitative estimate of drug-likeness (QED) is 0.234. The van der Waals surface area contributed by atoms with Crippen molar-refractivity contribution >= 4 is 57.1 Å². The van der Waals surface area contributed by atoms with Gasteiger partial charge in [-0.25, -0.2) is 9.59 Å². The molecule has 2 fully saturated rings. The third-order valence-corrected chi connectivity index (χ3v) is 8.80. The van der Waals surface area contributed by atoms with Crippen LogP contribution in [0.4, 0.5) is 0 Å². The number of rotatable bonds is 6. The molecule has 0 atom stereocenters. The molecule has 2 aromatic carbocycles. The summed E-state index contributed by atoms with van der Waals surface area (Å²) in [6.45, 7) is 4.10. The third kappa shape index (κ3) is 7.90. The summed E-state index contributed by atoms with van der Waals surface area (Å²) in [4.78, 5) is 22.8. The first-order valence-corrected chi connectivity index (χ1v) is 14.4. The maximum absolute atomic E-state index is 11.7. The molecule has 0 radical (unpaired) electrons. The summed E-state index contributed by atoms with van der Waals surface area (Å²) in [5, 5.41) is 16.1. The van der Waals surface area contributed by atoms with Crippen molar-refractivity contribution in [2.45, 2.75) is 84.5 Å². The predicted octanol–water partition coefficient (Wildman–Crippen LogP) is 7.97. The van der Waals surface area contributed by atoms with Gasteiger partial charge in [0, 0.05) is 14.3 Å². The number of benzene rings is 2. The molecule has 0 saturated heterocycles. The Labute approximate surface area is 243 Å². The smallest absolute Gasteiger partial charge is 0.338 e. The standard InChI is InChI=1S/C14H17IO2.C13H15IO2.CH4O.CH4/c1-3-9-7-11(10-5-4-6-10)13(15)8-12(9)14(16)17-2;1-2-8-6-10(9-4-3-5-9)12(14)7-11(8)13(15)16;1-2;/h7-8,10H,3-6H2,1-2H3;6-7,9H,2-5H2,1H3,(H,15,16);2H,1H3;1H4. The number of esters is 1. The van der Waals surface area contributed by atoms with Crippen molar-refractivity contribution in [2.24, 2.45) is 0 Å². The monoisotopic (exact) mass is 722 g/mol. The first kappa shape index (κ1) is 32.8. The van der Waals surface area contributed by atoms with Crippen LogP contribution in [-0.4, -0.2) is 36.4 Å². The molecule has 2 saturated carbocycles. The lowest BCUT2D eigenvalue weighted by molar-refractivity contribution is 0.0598. The fraction of sp³-hybridized carbons (Fsp3) is 0.517. The summed E-state index contributed by atoms with van der Waals surface area (Å²) in [5.41, 5.74) is 6.04. The highest BCUT2D eigenvalue weighted by atomic mass is 127. The summed E-state index contributed by atoms with van der Waals surface area (Å²) in [6, 6.07) is 8.13. The van der Waals surface area contributed by atoms with Crippen LogP contribution >= 0.6 is 45.2 Å². The first-order valence-electron chi connectivity index (χ1n) is 12.2. The van der Waals surface area contributed by atoms with E-state index < -0.39 is 5.97 Å². The Morgan fingerprint density at radius 1 is 0.833 bits per heavy atom. The summed E-state index contributed by atoms with van der Waals surface area (Å²) in [6.07, 6.45) is 9.40. The maximum atomic E-state index is 11.7. The topological polar surface area (TPSA) is 83.8 Å². The number of carbonyl (C=O) groups is 2. The molecule has 0 bridgehead atoms. The van der Waals surface area contributed by atoms with E-state index in [0.29, 0.717) is 17.4 Å². The lowest BCUT2D eigenvalue weighted by Gasteiger charge is -2.27. The van der Waals surface area contributed by atoms with Gasteiger partial charge in [-0.05, 0) is 130 Å². The largest absolute Gasteiger partial charge is 0.478 e. The van der Waals surface area contributed by atoms with Gasteiger partial charge in [0.15, 0.2) is 0 Å². The average Bonchev–Trinajstić information content (AvgIpc) is 2.79. The lowest BCUT2D eigenvalue weighted by atomic mass is 9.79. The Kier molecular flexibility index (Phi) is 14.5. The average molecular weight is 722 g/mol. The van der Waals surface area contributed by atoms with Crippen LogP contribution in [0.15, 0.2) is 24.3 Å². The molecule has 0 amide bonds. The Morgan fingerprint density at radius 2 is 1.22 bits per heavy atom. The number of carbonyl (C=O) groups excluding carboxylic acids is 1. The lowest BCUT2D eigenvalue weighted by Crippen LogP contribution is -2.13. The molecule has 7 heteroatoms. The number of ether oxygens (including phenoxy) is 1. The van der Waals surface area contributed by atoms with Crippen LogP contribution in [0.1, 0.15) is 115 Å². The maximum Gasteiger partial charge on any atom is 0.338 e. The van der Waals surface area contributed by atoms with Crippen molar-refractivity contribution in [1.82, 2.24) is 0 Å². The van der Waals surface area contributed by atoms with Gasteiger partial charge in [-0.15, -0.1) is 0 Å². The number of hydrogen-bond donors (Lipinski definition) is 2. The molecular formula is C29H40I2O5. The second-order valence-electron chi connectivity index (χ2n) is 8.82. The number of hydrogen-bond acceptors (Lipinski definition) is 4. The van der Waals surface area contributed by atoms with E-state index in [1.165, 1.54) is 60.3 Å². The van der Waals surface area contributed by atoms with E-state index in [0.717, 1.165) is 40.2 Å². The molecule has 0 spiro atoms. The number of aliphatic hydroxyl groups is 1. The van der Waals surface area contributed by atoms with Crippen LogP contribution in [0.5, 0.6) is 0 Å². The van der Waals surface area contributed by atoms with Gasteiger partial charge in [0.25, 0.3) is 0 Å². The van der Waals surface area contributed by atoms with E-state index >= 15 is 0 Å². The Bertz CT molecular complexity index is 1030. The van der Waals surface area contributed by atoms with Crippen LogP contribution in [0.3, 0.4) is 0 Å². The molecule has 36 heavy (non-hydrogen) atoms. The highest BCUT2D eigenvalue weighted by Crippen LogP contribution is 2.40. The fourth-order valence-electron chi connectivity index (χ4n) is 4.42. The van der Waals surface area contributed by atoms with Crippen LogP contribution < -0.4 is 0 Å². The van der Waals surface area contributed by atoms with Gasteiger partial charge in [-0.3, -0.25) is 0 Å². The normalized spacial score (nSPS) is 14.5. The minimum Gasteiger partial charge on any atom is -0.478 e. The van der Waals surface area contributed by atoms with E-state index in [2.05, 4.69) is 64.2 Å². The first-order chi connectivity index (χ1) is 16.8. The van der Waals surface area contributed by atoms with Gasteiger partial charge < -0.3 is 14.9 Å². The van der Waals surface area contributed by atoms with Crippen LogP contribution in [0.2, 0.25) is 0 Å². The predicted molar refractivity (Wildman–Crippen MR) is 163 cm³/mol. The van der Waals surface area contributed by atoms with E-state index in [-0.39, 0.29) is 13.4 Å². The Morgan fingerprint density at radius 3 is 1.53 bits per heavy atom. The summed E-state index contributed by atoms with van der Waals surface area (Å²) >= 11 is 4.59. The SMILES string of the molecule is C.CCc1cc(C2CCC2)c(I)cc1C(=O)O.CCc1cc(C2CCC2)c(I)cc1C(=O)OC.CO. The van der Waals surface area contributed by atoms with Crippen LogP contribution in [-0.2, 0) is 17.6 Å². The van der Waals surface area contributed by atoms with Gasteiger partial charge in [-0.1, -0.05) is 46.2 Å². The molecule has 2 N–H and O–H groups in total. The number of carboxylic acid groups (broad SMARTS) is 1. The number of carboxylic acids is 1. The zero-order valence-corrected chi connectivity index (χ0v) is 25.3. The minimum atomic E-state index is -0.810. The molecular weight excluding hydrogens is 682 g/mol. The van der Waals surface area contributed by atoms with Crippen molar-refractivity contribution in [2.75, 3.05) is 14.2 Å². The fourth-order valence-corrected chi connectivity index (χ4v) is 6.24. The summed E-state index contributed by atoms with van der Waals surface area (Å²) < 4.78 is 7.14. The Balaban J connectivity index is 0.000000329. The molecule has 2 aliphatic carbocycles. The van der Waals surface area contributed by atoms with Crippen molar-refractivity contribution in [3.63, 3.8) is 0 Å². The van der Waals surface area contributed by atoms with Gasteiger partial charge >= 0.3 is 11.9 Å². The summed E-state index contributed by atoms with van der Waals surface area (Å²) in [7, 11) is 2.44. The zero-order chi connectivity index (χ0) is 26.1. The van der Waals surface area contributed by atoms with Gasteiger partial charge in [-0.2, -0.15) is 0 Å². The van der Waals surface area contributed by atoms with Gasteiger partial charge in [0.1, 0.15) is 0 Å². The molecule has 200 valence electrons. The molecule has 5 nitrogen and oxygen atoms in total. The molecule has 0 aromatic heterocycles.